The third-order valence-electron chi connectivity index (χ3n) is 4.71. The molecular formula is C16H19NO2. The van der Waals surface area contributed by atoms with E-state index in [4.69, 9.17) is 4.42 Å². The van der Waals surface area contributed by atoms with Gasteiger partial charge in [-0.05, 0) is 38.8 Å². The van der Waals surface area contributed by atoms with Gasteiger partial charge in [-0.25, -0.2) is 0 Å². The van der Waals surface area contributed by atoms with E-state index in [0.717, 1.165) is 43.7 Å². The Balaban J connectivity index is 1.93. The quantitative estimate of drug-likeness (QED) is 0.788. The smallest absolute Gasteiger partial charge is 0.134 e. The second-order valence-electron chi connectivity index (χ2n) is 6.09. The molecule has 1 fully saturated rings. The van der Waals surface area contributed by atoms with Crippen LogP contribution in [0.2, 0.25) is 0 Å². The topological polar surface area (TPSA) is 36.6 Å². The maximum absolute atomic E-state index is 10.7. The third kappa shape index (κ3) is 1.58. The van der Waals surface area contributed by atoms with Crippen LogP contribution >= 0.6 is 0 Å². The van der Waals surface area contributed by atoms with E-state index >= 15 is 0 Å². The third-order valence-corrected chi connectivity index (χ3v) is 4.71. The summed E-state index contributed by atoms with van der Waals surface area (Å²) >= 11 is 0. The Kier molecular flexibility index (Phi) is 2.32. The van der Waals surface area contributed by atoms with Crippen LogP contribution in [-0.2, 0) is 6.42 Å². The van der Waals surface area contributed by atoms with Gasteiger partial charge in [0, 0.05) is 17.5 Å². The molecule has 4 rings (SSSR count). The van der Waals surface area contributed by atoms with Crippen LogP contribution in [-0.4, -0.2) is 28.7 Å². The predicted octanol–water partition coefficient (Wildman–Crippen LogP) is 2.88. The van der Waals surface area contributed by atoms with E-state index in [0.29, 0.717) is 0 Å². The molecule has 100 valence electrons. The molecule has 2 aliphatic heterocycles. The minimum atomic E-state index is -0.679. The van der Waals surface area contributed by atoms with E-state index in [2.05, 4.69) is 17.0 Å². The lowest BCUT2D eigenvalue weighted by molar-refractivity contribution is -0.0810. The molecule has 1 unspecified atom stereocenters. The van der Waals surface area contributed by atoms with Gasteiger partial charge in [-0.1, -0.05) is 18.2 Å². The maximum atomic E-state index is 10.7. The predicted molar refractivity (Wildman–Crippen MR) is 74.1 cm³/mol. The summed E-state index contributed by atoms with van der Waals surface area (Å²) in [5.41, 5.74) is 1.58. The molecule has 0 bridgehead atoms. The van der Waals surface area contributed by atoms with Crippen LogP contribution in [0, 0.1) is 0 Å². The zero-order valence-corrected chi connectivity index (χ0v) is 11.2. The molecular weight excluding hydrogens is 238 g/mol. The lowest BCUT2D eigenvalue weighted by Crippen LogP contribution is -2.51. The standard InChI is InChI=1S/C16H19NO2/c1-16(18)8-4-9-17-10-7-12-11-5-2-3-6-13(11)19-14(12)15(16)17/h2-3,5-6,15,18H,4,7-10H2,1H3/t15?,16-/m1/s1. The number of furan rings is 1. The summed E-state index contributed by atoms with van der Waals surface area (Å²) in [5, 5.41) is 12.0. The van der Waals surface area contributed by atoms with Gasteiger partial charge in [-0.3, -0.25) is 4.90 Å². The first-order valence-electron chi connectivity index (χ1n) is 7.13. The first-order valence-corrected chi connectivity index (χ1v) is 7.13. The molecule has 2 atom stereocenters. The van der Waals surface area contributed by atoms with Crippen LogP contribution in [0.15, 0.2) is 28.7 Å². The molecule has 1 N–H and O–H groups in total. The molecule has 0 amide bonds. The van der Waals surface area contributed by atoms with Crippen LogP contribution < -0.4 is 0 Å². The first-order chi connectivity index (χ1) is 9.17. The van der Waals surface area contributed by atoms with Crippen molar-refractivity contribution < 1.29 is 9.52 Å². The molecule has 1 aromatic heterocycles. The van der Waals surface area contributed by atoms with E-state index in [-0.39, 0.29) is 6.04 Å². The highest BCUT2D eigenvalue weighted by Crippen LogP contribution is 2.45. The highest BCUT2D eigenvalue weighted by Gasteiger charge is 2.45. The number of aliphatic hydroxyl groups is 1. The monoisotopic (exact) mass is 257 g/mol. The van der Waals surface area contributed by atoms with Gasteiger partial charge < -0.3 is 9.52 Å². The summed E-state index contributed by atoms with van der Waals surface area (Å²) in [7, 11) is 0. The summed E-state index contributed by atoms with van der Waals surface area (Å²) in [6.45, 7) is 4.04. The van der Waals surface area contributed by atoms with Crippen LogP contribution in [0.4, 0.5) is 0 Å². The first kappa shape index (κ1) is 11.5. The number of nitrogens with zero attached hydrogens (tertiary/aromatic N) is 1. The fraction of sp³-hybridized carbons (Fsp3) is 0.500. The number of hydrogen-bond donors (Lipinski definition) is 1. The van der Waals surface area contributed by atoms with Crippen molar-refractivity contribution in [1.29, 1.82) is 0 Å². The molecule has 3 heteroatoms. The summed E-state index contributed by atoms with van der Waals surface area (Å²) in [5.74, 6) is 0.997. The van der Waals surface area contributed by atoms with Crippen molar-refractivity contribution in [3.05, 3.63) is 35.6 Å². The Hall–Kier alpha value is -1.32. The SMILES string of the molecule is C[C@@]1(O)CCCN2CCc3c(oc4ccccc34)C21. The fourth-order valence-electron chi connectivity index (χ4n) is 3.84. The van der Waals surface area contributed by atoms with Crippen molar-refractivity contribution in [1.82, 2.24) is 4.90 Å². The fourth-order valence-corrected chi connectivity index (χ4v) is 3.84. The highest BCUT2D eigenvalue weighted by atomic mass is 16.3. The average molecular weight is 257 g/mol. The van der Waals surface area contributed by atoms with Gasteiger partial charge in [0.1, 0.15) is 11.3 Å². The molecule has 2 aromatic rings. The van der Waals surface area contributed by atoms with Crippen molar-refractivity contribution in [2.45, 2.75) is 37.8 Å². The summed E-state index contributed by atoms with van der Waals surface area (Å²) in [6.07, 6.45) is 2.95. The van der Waals surface area contributed by atoms with Crippen LogP contribution in [0.5, 0.6) is 0 Å². The number of rotatable bonds is 0. The van der Waals surface area contributed by atoms with Crippen molar-refractivity contribution in [2.75, 3.05) is 13.1 Å². The second kappa shape index (κ2) is 3.84. The maximum Gasteiger partial charge on any atom is 0.134 e. The van der Waals surface area contributed by atoms with Crippen molar-refractivity contribution in [3.63, 3.8) is 0 Å². The lowest BCUT2D eigenvalue weighted by atomic mass is 9.80. The van der Waals surface area contributed by atoms with Crippen LogP contribution in [0.1, 0.15) is 37.1 Å². The number of benzene rings is 1. The van der Waals surface area contributed by atoms with Gasteiger partial charge in [0.2, 0.25) is 0 Å². The van der Waals surface area contributed by atoms with Gasteiger partial charge >= 0.3 is 0 Å². The van der Waals surface area contributed by atoms with Gasteiger partial charge in [0.05, 0.1) is 11.6 Å². The Labute approximate surface area is 112 Å². The molecule has 0 aliphatic carbocycles. The van der Waals surface area contributed by atoms with Crippen LogP contribution in [0.25, 0.3) is 11.0 Å². The van der Waals surface area contributed by atoms with E-state index in [1.165, 1.54) is 10.9 Å². The summed E-state index contributed by atoms with van der Waals surface area (Å²) in [6, 6.07) is 8.25. The lowest BCUT2D eigenvalue weighted by Gasteiger charge is -2.46. The van der Waals surface area contributed by atoms with Crippen LogP contribution in [0.3, 0.4) is 0 Å². The summed E-state index contributed by atoms with van der Waals surface area (Å²) in [4.78, 5) is 2.38. The number of fused-ring (bicyclic) bond motifs is 5. The number of piperidine rings is 1. The van der Waals surface area contributed by atoms with Gasteiger partial charge in [0.15, 0.2) is 0 Å². The molecule has 0 radical (unpaired) electrons. The Morgan fingerprint density at radius 1 is 1.32 bits per heavy atom. The average Bonchev–Trinajstić information content (AvgIpc) is 2.76. The van der Waals surface area contributed by atoms with Gasteiger partial charge in [-0.15, -0.1) is 0 Å². The molecule has 3 nitrogen and oxygen atoms in total. The molecule has 3 heterocycles. The molecule has 0 saturated carbocycles. The molecule has 0 spiro atoms. The zero-order valence-electron chi connectivity index (χ0n) is 11.2. The normalized spacial score (nSPS) is 31.2. The van der Waals surface area contributed by atoms with Crippen molar-refractivity contribution in [2.24, 2.45) is 0 Å². The number of para-hydroxylation sites is 1. The van der Waals surface area contributed by atoms with E-state index < -0.39 is 5.60 Å². The Morgan fingerprint density at radius 3 is 3.05 bits per heavy atom. The zero-order chi connectivity index (χ0) is 13.0. The Bertz CT molecular complexity index is 629. The highest BCUT2D eigenvalue weighted by molar-refractivity contribution is 5.82. The summed E-state index contributed by atoms with van der Waals surface area (Å²) < 4.78 is 6.09. The molecule has 1 saturated heterocycles. The minimum Gasteiger partial charge on any atom is -0.459 e. The second-order valence-corrected chi connectivity index (χ2v) is 6.09. The van der Waals surface area contributed by atoms with Gasteiger partial charge in [0.25, 0.3) is 0 Å². The molecule has 19 heavy (non-hydrogen) atoms. The van der Waals surface area contributed by atoms with E-state index in [1.54, 1.807) is 0 Å². The van der Waals surface area contributed by atoms with Crippen molar-refractivity contribution in [3.8, 4) is 0 Å². The van der Waals surface area contributed by atoms with E-state index in [1.807, 2.05) is 19.1 Å². The van der Waals surface area contributed by atoms with E-state index in [9.17, 15) is 5.11 Å². The largest absolute Gasteiger partial charge is 0.459 e. The van der Waals surface area contributed by atoms with Gasteiger partial charge in [-0.2, -0.15) is 0 Å². The minimum absolute atomic E-state index is 0.0254. The number of hydrogen-bond acceptors (Lipinski definition) is 3. The molecule has 2 aliphatic rings. The molecule has 1 aromatic carbocycles. The van der Waals surface area contributed by atoms with Crippen molar-refractivity contribution >= 4 is 11.0 Å². The Morgan fingerprint density at radius 2 is 2.16 bits per heavy atom.